The van der Waals surface area contributed by atoms with Crippen LogP contribution >= 0.6 is 23.5 Å². The first kappa shape index (κ1) is 44.9. The van der Waals surface area contributed by atoms with E-state index >= 15 is 0 Å². The molecule has 0 aromatic heterocycles. The van der Waals surface area contributed by atoms with E-state index < -0.39 is 16.1 Å². The Morgan fingerprint density at radius 3 is 1.07 bits per heavy atom. The number of allylic oxidation sites excluding steroid dienone is 2. The summed E-state index contributed by atoms with van der Waals surface area (Å²) in [4.78, 5) is 10.1. The zero-order valence-electron chi connectivity index (χ0n) is 40.9. The van der Waals surface area contributed by atoms with E-state index in [0.29, 0.717) is 0 Å². The Morgan fingerprint density at radius 2 is 0.676 bits per heavy atom. The van der Waals surface area contributed by atoms with E-state index in [1.54, 1.807) is 0 Å². The second kappa shape index (κ2) is 18.0. The lowest BCUT2D eigenvalue weighted by molar-refractivity contribution is 1.15. The van der Waals surface area contributed by atoms with E-state index in [4.69, 9.17) is 6.58 Å². The van der Waals surface area contributed by atoms with Crippen LogP contribution in [-0.2, 0) is 0 Å². The molecule has 14 rings (SSSR count). The highest BCUT2D eigenvalue weighted by Crippen LogP contribution is 2.52. The van der Waals surface area contributed by atoms with Gasteiger partial charge in [-0.25, -0.2) is 0 Å². The second-order valence-electron chi connectivity index (χ2n) is 19.5. The third-order valence-electron chi connectivity index (χ3n) is 15.9. The van der Waals surface area contributed by atoms with Crippen molar-refractivity contribution in [3.05, 3.63) is 300 Å². The van der Waals surface area contributed by atoms with Crippen molar-refractivity contribution in [1.29, 1.82) is 0 Å². The molecular formula is C67H49BN2S2Si2. The van der Waals surface area contributed by atoms with Gasteiger partial charge < -0.3 is 9.80 Å². The van der Waals surface area contributed by atoms with Crippen LogP contribution in [0, 0.1) is 0 Å². The lowest BCUT2D eigenvalue weighted by Gasteiger charge is -2.47. The first-order valence-electron chi connectivity index (χ1n) is 25.5. The van der Waals surface area contributed by atoms with Crippen molar-refractivity contribution in [3.8, 4) is 0 Å². The van der Waals surface area contributed by atoms with Gasteiger partial charge in [-0.15, -0.1) is 0 Å². The van der Waals surface area contributed by atoms with Gasteiger partial charge in [0.25, 0.3) is 0 Å². The second-order valence-corrected chi connectivity index (χ2v) is 29.1. The summed E-state index contributed by atoms with van der Waals surface area (Å²) in [5.41, 5.74) is 11.0. The first-order valence-corrected chi connectivity index (χ1v) is 31.1. The molecule has 0 spiro atoms. The summed E-state index contributed by atoms with van der Waals surface area (Å²) in [6.07, 6.45) is 0. The number of anilines is 4. The van der Waals surface area contributed by atoms with Gasteiger partial charge in [-0.1, -0.05) is 272 Å². The van der Waals surface area contributed by atoms with Crippen molar-refractivity contribution in [2.75, 3.05) is 9.80 Å². The average molecular weight is 1010 g/mol. The molecule has 0 amide bonds. The van der Waals surface area contributed by atoms with Gasteiger partial charge in [-0.2, -0.15) is 0 Å². The first-order chi connectivity index (χ1) is 36.6. The van der Waals surface area contributed by atoms with Crippen LogP contribution in [0.2, 0.25) is 0 Å². The highest BCUT2D eigenvalue weighted by atomic mass is 32.2. The van der Waals surface area contributed by atoms with Crippen molar-refractivity contribution >= 4 is 122 Å². The van der Waals surface area contributed by atoms with Crippen LogP contribution < -0.4 is 62.2 Å². The fourth-order valence-corrected chi connectivity index (χ4v) is 25.7. The Hall–Kier alpha value is -7.78. The number of para-hydroxylation sites is 4. The number of benzene rings is 10. The monoisotopic (exact) mass is 1010 g/mol. The zero-order chi connectivity index (χ0) is 49.4. The molecule has 2 nitrogen and oxygen atoms in total. The van der Waals surface area contributed by atoms with Crippen LogP contribution in [0.5, 0.6) is 0 Å². The van der Waals surface area contributed by atoms with Gasteiger partial charge in [0.05, 0.1) is 5.70 Å². The summed E-state index contributed by atoms with van der Waals surface area (Å²) in [5, 5.41) is 11.0. The number of thioether (sulfide) groups is 2. The fourth-order valence-electron chi connectivity index (χ4n) is 13.0. The van der Waals surface area contributed by atoms with Crippen LogP contribution in [0.4, 0.5) is 22.7 Å². The largest absolute Gasteiger partial charge is 0.314 e. The molecule has 0 radical (unpaired) electrons. The van der Waals surface area contributed by atoms with Crippen molar-refractivity contribution < 1.29 is 0 Å². The molecule has 0 saturated carbocycles. The maximum Gasteiger partial charge on any atom is 0.247 e. The van der Waals surface area contributed by atoms with Crippen molar-refractivity contribution in [3.63, 3.8) is 0 Å². The molecule has 10 aromatic carbocycles. The van der Waals surface area contributed by atoms with E-state index in [9.17, 15) is 0 Å². The van der Waals surface area contributed by atoms with Crippen molar-refractivity contribution in [2.45, 2.75) is 16.7 Å². The Bertz CT molecular complexity index is 3740. The number of hydrogen-bond donors (Lipinski definition) is 0. The zero-order valence-corrected chi connectivity index (χ0v) is 44.5. The summed E-state index contributed by atoms with van der Waals surface area (Å²) < 4.78 is 0. The minimum absolute atomic E-state index is 0.0311. The molecule has 0 saturated heterocycles. The number of fused-ring (bicyclic) bond motifs is 9. The molecule has 0 atom stereocenters. The number of rotatable bonds is 7. The standard InChI is InChI=1S/C67H49BN2S2Si2/c1-47(69-55-37-17-23-43-61(55)73(49-27-7-3-8-28-49,50-29-9-4-10-30-50)62-44-24-18-38-56(62)69)66-65-67(72-60-42-22-16-36-54(60)68(65)53-35-15-21-41-59(53)71-66)48(2)70-57-39-19-25-45-63(57)74(51-31-11-5-12-32-51,52-33-13-6-14-34-52)64-46-26-20-40-58(64)70/h3-46H,1H2,2H3/b67-48-. The van der Waals surface area contributed by atoms with Gasteiger partial charge in [-0.3, -0.25) is 0 Å². The third kappa shape index (κ3) is 6.53. The molecule has 4 aliphatic heterocycles. The van der Waals surface area contributed by atoms with Crippen LogP contribution in [0.15, 0.2) is 310 Å². The van der Waals surface area contributed by atoms with Crippen LogP contribution in [0.1, 0.15) is 6.92 Å². The Morgan fingerprint density at radius 1 is 0.365 bits per heavy atom. The quantitative estimate of drug-likeness (QED) is 0.147. The van der Waals surface area contributed by atoms with E-state index in [0.717, 1.165) is 5.70 Å². The normalized spacial score (nSPS) is 16.1. The summed E-state index contributed by atoms with van der Waals surface area (Å²) in [6.45, 7) is 7.65. The molecule has 0 fully saturated rings. The molecule has 0 aliphatic carbocycles. The molecular weight excluding hydrogens is 964 g/mol. The molecule has 0 bridgehead atoms. The summed E-state index contributed by atoms with van der Waals surface area (Å²) >= 11 is 3.80. The highest BCUT2D eigenvalue weighted by molar-refractivity contribution is 8.05. The van der Waals surface area contributed by atoms with Gasteiger partial charge in [0.2, 0.25) is 6.71 Å². The number of nitrogens with zero attached hydrogens (tertiary/aromatic N) is 2. The highest BCUT2D eigenvalue weighted by Gasteiger charge is 2.52. The fraction of sp³-hybridized carbons (Fsp3) is 0.0149. The summed E-state index contributed by atoms with van der Waals surface area (Å²) in [6, 6.07) is 100. The van der Waals surface area contributed by atoms with Gasteiger partial charge in [0.15, 0.2) is 16.1 Å². The van der Waals surface area contributed by atoms with Crippen LogP contribution in [0.3, 0.4) is 0 Å². The third-order valence-corrected chi connectivity index (χ3v) is 28.2. The maximum atomic E-state index is 5.30. The predicted molar refractivity (Wildman–Crippen MR) is 323 cm³/mol. The van der Waals surface area contributed by atoms with Crippen molar-refractivity contribution in [2.24, 2.45) is 0 Å². The smallest absolute Gasteiger partial charge is 0.247 e. The molecule has 4 heterocycles. The van der Waals surface area contributed by atoms with Crippen LogP contribution in [0.25, 0.3) is 0 Å². The van der Waals surface area contributed by atoms with E-state index in [2.05, 4.69) is 284 Å². The summed E-state index contributed by atoms with van der Waals surface area (Å²) in [5.74, 6) is 0. The Labute approximate surface area is 445 Å². The topological polar surface area (TPSA) is 6.48 Å². The average Bonchev–Trinajstić information content (AvgIpc) is 3.48. The van der Waals surface area contributed by atoms with E-state index in [1.165, 1.54) is 106 Å². The molecule has 0 unspecified atom stereocenters. The number of hydrogen-bond acceptors (Lipinski definition) is 4. The molecule has 74 heavy (non-hydrogen) atoms. The molecule has 350 valence electrons. The minimum atomic E-state index is -2.86. The molecule has 10 aromatic rings. The lowest BCUT2D eigenvalue weighted by atomic mass is 9.35. The van der Waals surface area contributed by atoms with Gasteiger partial charge in [0, 0.05) is 48.0 Å². The van der Waals surface area contributed by atoms with Crippen LogP contribution in [-0.4, -0.2) is 22.9 Å². The van der Waals surface area contributed by atoms with E-state index in [-0.39, 0.29) is 6.71 Å². The molecule has 7 heteroatoms. The minimum Gasteiger partial charge on any atom is -0.314 e. The molecule has 4 aliphatic rings. The predicted octanol–water partition coefficient (Wildman–Crippen LogP) is 10.1. The Balaban J connectivity index is 1.04. The molecule has 0 N–H and O–H groups in total. The Kier molecular flexibility index (Phi) is 10.9. The SMILES string of the molecule is C=C(C1=C2B(c3ccccc3S1)c1ccccc1S/C2=C(/C)N1c2ccccc2[Si](c2ccccc2)(c2ccccc2)c2ccccc21)N1c2ccccc2[Si](c2ccccc2)(c2ccccc2)c2ccccc21. The summed E-state index contributed by atoms with van der Waals surface area (Å²) in [7, 11) is -5.70. The maximum absolute atomic E-state index is 5.30. The lowest BCUT2D eigenvalue weighted by Crippen LogP contribution is -2.77. The van der Waals surface area contributed by atoms with Gasteiger partial charge in [0.1, 0.15) is 0 Å². The van der Waals surface area contributed by atoms with Gasteiger partial charge in [-0.05, 0) is 90.3 Å². The van der Waals surface area contributed by atoms with Crippen molar-refractivity contribution in [1.82, 2.24) is 0 Å². The van der Waals surface area contributed by atoms with Gasteiger partial charge >= 0.3 is 0 Å². The van der Waals surface area contributed by atoms with E-state index in [1.807, 2.05) is 23.5 Å².